The Hall–Kier alpha value is -1.71. The van der Waals surface area contributed by atoms with Gasteiger partial charge in [-0.25, -0.2) is 17.2 Å². The molecule has 0 aliphatic carbocycles. The molecule has 140 valence electrons. The van der Waals surface area contributed by atoms with Crippen molar-refractivity contribution < 1.29 is 22.0 Å². The molecule has 0 unspecified atom stereocenters. The molecule has 2 aromatic rings. The predicted octanol–water partition coefficient (Wildman–Crippen LogP) is 4.17. The molecule has 2 aromatic carbocycles. The number of sulfonamides is 1. The molecule has 0 saturated heterocycles. The number of rotatable bonds is 5. The minimum absolute atomic E-state index is 0.164. The van der Waals surface area contributed by atoms with Gasteiger partial charge in [0.25, 0.3) is 0 Å². The maximum atomic E-state index is 13.5. The van der Waals surface area contributed by atoms with Gasteiger partial charge in [0.05, 0.1) is 17.0 Å². The highest BCUT2D eigenvalue weighted by Gasteiger charge is 2.30. The second-order valence-electron chi connectivity index (χ2n) is 5.45. The molecule has 10 heteroatoms. The molecule has 0 aliphatic rings. The number of carbonyl (C=O) groups is 1. The number of benzene rings is 2. The number of carbonyl (C=O) groups excluding carboxylic acids is 1. The van der Waals surface area contributed by atoms with E-state index in [0.717, 1.165) is 24.5 Å². The number of halogens is 4. The van der Waals surface area contributed by atoms with Crippen molar-refractivity contribution in [2.75, 3.05) is 15.9 Å². The molecule has 5 nitrogen and oxygen atoms in total. The van der Waals surface area contributed by atoms with Gasteiger partial charge in [0.15, 0.2) is 11.6 Å². The summed E-state index contributed by atoms with van der Waals surface area (Å²) >= 11 is 9.18. The SMILES string of the molecule is C[C@@H](C(=O)Nc1ccc(Br)c(Cl)c1)N(c1ccc(F)c(F)c1)S(C)(=O)=O. The third kappa shape index (κ3) is 4.72. The Bertz CT molecular complexity index is 957. The normalized spacial score (nSPS) is 12.5. The third-order valence-electron chi connectivity index (χ3n) is 3.43. The second-order valence-corrected chi connectivity index (χ2v) is 8.57. The monoisotopic (exact) mass is 466 g/mol. The number of nitrogens with one attached hydrogen (secondary N) is 1. The molecule has 1 amide bonds. The molecule has 1 atom stereocenters. The summed E-state index contributed by atoms with van der Waals surface area (Å²) in [4.78, 5) is 12.5. The van der Waals surface area contributed by atoms with Crippen LogP contribution in [-0.4, -0.2) is 26.6 Å². The van der Waals surface area contributed by atoms with Gasteiger partial charge in [-0.1, -0.05) is 11.6 Å². The minimum Gasteiger partial charge on any atom is -0.324 e. The van der Waals surface area contributed by atoms with E-state index >= 15 is 0 Å². The number of hydrogen-bond donors (Lipinski definition) is 1. The summed E-state index contributed by atoms with van der Waals surface area (Å²) in [5, 5.41) is 2.90. The highest BCUT2D eigenvalue weighted by molar-refractivity contribution is 9.10. The van der Waals surface area contributed by atoms with Crippen molar-refractivity contribution in [1.29, 1.82) is 0 Å². The number of hydrogen-bond acceptors (Lipinski definition) is 3. The zero-order valence-electron chi connectivity index (χ0n) is 13.6. The largest absolute Gasteiger partial charge is 0.324 e. The van der Waals surface area contributed by atoms with Crippen LogP contribution in [0, 0.1) is 11.6 Å². The number of nitrogens with zero attached hydrogens (tertiary/aromatic N) is 1. The zero-order chi connectivity index (χ0) is 19.6. The quantitative estimate of drug-likeness (QED) is 0.718. The Balaban J connectivity index is 2.34. The summed E-state index contributed by atoms with van der Waals surface area (Å²) in [5.74, 6) is -3.01. The van der Waals surface area contributed by atoms with Crippen LogP contribution in [0.1, 0.15) is 6.92 Å². The smallest absolute Gasteiger partial charge is 0.247 e. The summed E-state index contributed by atoms with van der Waals surface area (Å²) in [7, 11) is -3.95. The van der Waals surface area contributed by atoms with Gasteiger partial charge in [0, 0.05) is 16.2 Å². The number of amides is 1. The van der Waals surface area contributed by atoms with Crippen molar-refractivity contribution in [2.24, 2.45) is 0 Å². The lowest BCUT2D eigenvalue weighted by Crippen LogP contribution is -2.45. The van der Waals surface area contributed by atoms with Crippen LogP contribution in [0.25, 0.3) is 0 Å². The molecule has 0 bridgehead atoms. The van der Waals surface area contributed by atoms with Gasteiger partial charge >= 0.3 is 0 Å². The van der Waals surface area contributed by atoms with Crippen LogP contribution in [0.15, 0.2) is 40.9 Å². The molecule has 0 radical (unpaired) electrons. The number of anilines is 2. The van der Waals surface area contributed by atoms with E-state index in [2.05, 4.69) is 21.2 Å². The van der Waals surface area contributed by atoms with Crippen LogP contribution < -0.4 is 9.62 Å². The van der Waals surface area contributed by atoms with Gasteiger partial charge in [-0.15, -0.1) is 0 Å². The topological polar surface area (TPSA) is 66.5 Å². The first-order chi connectivity index (χ1) is 12.0. The van der Waals surface area contributed by atoms with Gasteiger partial charge in [-0.2, -0.15) is 0 Å². The minimum atomic E-state index is -3.95. The summed E-state index contributed by atoms with van der Waals surface area (Å²) in [6, 6.07) is 6.05. The molecular weight excluding hydrogens is 454 g/mol. The molecule has 26 heavy (non-hydrogen) atoms. The Labute approximate surface area is 163 Å². The third-order valence-corrected chi connectivity index (χ3v) is 5.91. The van der Waals surface area contributed by atoms with Gasteiger partial charge in [-0.3, -0.25) is 9.10 Å². The van der Waals surface area contributed by atoms with Gasteiger partial charge in [0.2, 0.25) is 15.9 Å². The molecule has 0 aromatic heterocycles. The van der Waals surface area contributed by atoms with Crippen LogP contribution in [0.3, 0.4) is 0 Å². The molecule has 2 rings (SSSR count). The first-order valence-corrected chi connectivity index (χ1v) is 10.2. The highest BCUT2D eigenvalue weighted by Crippen LogP contribution is 2.27. The lowest BCUT2D eigenvalue weighted by molar-refractivity contribution is -0.116. The summed E-state index contributed by atoms with van der Waals surface area (Å²) < 4.78 is 52.2. The van der Waals surface area contributed by atoms with Crippen molar-refractivity contribution in [3.8, 4) is 0 Å². The van der Waals surface area contributed by atoms with Gasteiger partial charge in [-0.05, 0) is 53.2 Å². The molecular formula is C16H14BrClF2N2O3S. The van der Waals surface area contributed by atoms with Crippen molar-refractivity contribution in [1.82, 2.24) is 0 Å². The molecule has 0 aliphatic heterocycles. The Kier molecular flexibility index (Phi) is 6.25. The summed E-state index contributed by atoms with van der Waals surface area (Å²) in [5.41, 5.74) is 0.191. The summed E-state index contributed by atoms with van der Waals surface area (Å²) in [6.07, 6.45) is 0.870. The van der Waals surface area contributed by atoms with Gasteiger partial charge < -0.3 is 5.32 Å². The first kappa shape index (κ1) is 20.6. The second kappa shape index (κ2) is 7.89. The van der Waals surface area contributed by atoms with E-state index in [1.165, 1.54) is 13.0 Å². The fourth-order valence-corrected chi connectivity index (χ4v) is 3.85. The van der Waals surface area contributed by atoms with Crippen molar-refractivity contribution >= 4 is 54.8 Å². The average molecular weight is 468 g/mol. The maximum absolute atomic E-state index is 13.5. The van der Waals surface area contributed by atoms with Crippen LogP contribution in [0.5, 0.6) is 0 Å². The first-order valence-electron chi connectivity index (χ1n) is 7.21. The molecule has 0 saturated carbocycles. The summed E-state index contributed by atoms with van der Waals surface area (Å²) in [6.45, 7) is 1.33. The fourth-order valence-electron chi connectivity index (χ4n) is 2.25. The molecule has 1 N–H and O–H groups in total. The maximum Gasteiger partial charge on any atom is 0.247 e. The molecule has 0 fully saturated rings. The fraction of sp³-hybridized carbons (Fsp3) is 0.188. The highest BCUT2D eigenvalue weighted by atomic mass is 79.9. The van der Waals surface area contributed by atoms with E-state index in [0.29, 0.717) is 19.5 Å². The molecule has 0 spiro atoms. The lowest BCUT2D eigenvalue weighted by Gasteiger charge is -2.28. The Morgan fingerprint density at radius 2 is 1.85 bits per heavy atom. The predicted molar refractivity (Wildman–Crippen MR) is 101 cm³/mol. The van der Waals surface area contributed by atoms with Crippen molar-refractivity contribution in [3.05, 3.63) is 57.5 Å². The van der Waals surface area contributed by atoms with Crippen LogP contribution >= 0.6 is 27.5 Å². The average Bonchev–Trinajstić information content (AvgIpc) is 2.53. The van der Waals surface area contributed by atoms with E-state index in [9.17, 15) is 22.0 Å². The van der Waals surface area contributed by atoms with Crippen LogP contribution in [0.2, 0.25) is 5.02 Å². The zero-order valence-corrected chi connectivity index (χ0v) is 16.8. The van der Waals surface area contributed by atoms with Crippen molar-refractivity contribution in [3.63, 3.8) is 0 Å². The van der Waals surface area contributed by atoms with E-state index in [1.54, 1.807) is 12.1 Å². The van der Waals surface area contributed by atoms with Crippen LogP contribution in [-0.2, 0) is 14.8 Å². The van der Waals surface area contributed by atoms with E-state index in [-0.39, 0.29) is 5.69 Å². The Morgan fingerprint density at radius 3 is 2.38 bits per heavy atom. The van der Waals surface area contributed by atoms with Crippen molar-refractivity contribution in [2.45, 2.75) is 13.0 Å². The van der Waals surface area contributed by atoms with E-state index < -0.39 is 33.6 Å². The molecule has 0 heterocycles. The standard InChI is InChI=1S/C16H14BrClF2N2O3S/c1-9(16(23)21-10-3-5-12(17)13(18)7-10)22(26(2,24)25)11-4-6-14(19)15(20)8-11/h3-9H,1-2H3,(H,21,23)/t9-/m0/s1. The Morgan fingerprint density at radius 1 is 1.19 bits per heavy atom. The lowest BCUT2D eigenvalue weighted by atomic mass is 10.2. The van der Waals surface area contributed by atoms with E-state index in [1.807, 2.05) is 0 Å². The van der Waals surface area contributed by atoms with Gasteiger partial charge in [0.1, 0.15) is 6.04 Å². The van der Waals surface area contributed by atoms with Crippen LogP contribution in [0.4, 0.5) is 20.2 Å². The van der Waals surface area contributed by atoms with E-state index in [4.69, 9.17) is 11.6 Å².